The molecule has 36 heavy (non-hydrogen) atoms. The van der Waals surface area contributed by atoms with E-state index >= 15 is 0 Å². The van der Waals surface area contributed by atoms with E-state index in [-0.39, 0.29) is 0 Å². The number of carbonyl (C=O) groups excluding carboxylic acids is 1. The van der Waals surface area contributed by atoms with Crippen molar-refractivity contribution in [2.24, 2.45) is 0 Å². The van der Waals surface area contributed by atoms with Gasteiger partial charge in [-0.05, 0) is 25.7 Å². The topological polar surface area (TPSA) is 72.5 Å². The Morgan fingerprint density at radius 1 is 0.472 bits per heavy atom. The normalized spacial score (nSPS) is 14.2. The fourth-order valence-electron chi connectivity index (χ4n) is 5.15. The van der Waals surface area contributed by atoms with E-state index in [1.165, 1.54) is 51.4 Å². The molecule has 2 unspecified atom stereocenters. The van der Waals surface area contributed by atoms with E-state index in [1.807, 2.05) is 0 Å². The second kappa shape index (κ2) is 21.8. The highest BCUT2D eigenvalue weighted by Crippen LogP contribution is 2.30. The molecular formula is C27H58O7Si2. The molecule has 0 heterocycles. The Labute approximate surface area is 225 Å². The van der Waals surface area contributed by atoms with Gasteiger partial charge in [0.25, 0.3) is 0 Å². The monoisotopic (exact) mass is 550 g/mol. The highest BCUT2D eigenvalue weighted by atomic mass is 28.4. The summed E-state index contributed by atoms with van der Waals surface area (Å²) in [7, 11) is 5.08. The predicted molar refractivity (Wildman–Crippen MR) is 151 cm³/mol. The molecule has 0 spiro atoms. The average Bonchev–Trinajstić information content (AvgIpc) is 2.89. The maximum Gasteiger partial charge on any atom is 0.503 e. The van der Waals surface area contributed by atoms with E-state index in [0.717, 1.165) is 51.4 Å². The molecule has 0 aliphatic heterocycles. The molecule has 0 aromatic carbocycles. The molecule has 0 saturated carbocycles. The molecule has 2 atom stereocenters. The van der Waals surface area contributed by atoms with Crippen LogP contribution in [0.2, 0.25) is 11.1 Å². The maximum atomic E-state index is 12.2. The Balaban J connectivity index is 3.64. The van der Waals surface area contributed by atoms with Crippen LogP contribution in [0, 0.1) is 0 Å². The first-order valence-corrected chi connectivity index (χ1v) is 17.7. The largest absolute Gasteiger partial charge is 0.503 e. The van der Waals surface area contributed by atoms with E-state index in [2.05, 4.69) is 13.8 Å². The third-order valence-corrected chi connectivity index (χ3v) is 14.0. The number of hydrogen-bond acceptors (Lipinski definition) is 7. The summed E-state index contributed by atoms with van der Waals surface area (Å²) in [5.41, 5.74) is 0.626. The Bertz CT molecular complexity index is 468. The van der Waals surface area contributed by atoms with Crippen LogP contribution in [0.15, 0.2) is 0 Å². The van der Waals surface area contributed by atoms with Gasteiger partial charge in [-0.15, -0.1) is 0 Å². The second-order valence-corrected chi connectivity index (χ2v) is 16.9. The van der Waals surface area contributed by atoms with Gasteiger partial charge < -0.3 is 26.6 Å². The average molecular weight is 551 g/mol. The van der Waals surface area contributed by atoms with Crippen molar-refractivity contribution >= 4 is 23.4 Å². The molecule has 0 amide bonds. The lowest BCUT2D eigenvalue weighted by atomic mass is 10.0. The molecule has 7 nitrogen and oxygen atoms in total. The smallest absolute Gasteiger partial charge is 0.377 e. The zero-order valence-electron chi connectivity index (χ0n) is 24.8. The summed E-state index contributed by atoms with van der Waals surface area (Å²) in [6.07, 6.45) is 17.7. The maximum absolute atomic E-state index is 12.2. The molecule has 0 aliphatic rings. The van der Waals surface area contributed by atoms with Crippen LogP contribution in [0.3, 0.4) is 0 Å². The highest BCUT2D eigenvalue weighted by molar-refractivity contribution is 6.62. The van der Waals surface area contributed by atoms with Crippen LogP contribution in [0.25, 0.3) is 0 Å². The van der Waals surface area contributed by atoms with Crippen molar-refractivity contribution < 1.29 is 31.4 Å². The van der Waals surface area contributed by atoms with Gasteiger partial charge in [0.15, 0.2) is 0 Å². The zero-order chi connectivity index (χ0) is 27.3. The first-order chi connectivity index (χ1) is 17.3. The van der Waals surface area contributed by atoms with Gasteiger partial charge >= 0.3 is 17.6 Å². The molecule has 0 fully saturated rings. The first-order valence-electron chi connectivity index (χ1n) is 14.1. The molecule has 0 aromatic heterocycles. The van der Waals surface area contributed by atoms with Gasteiger partial charge in [0.2, 0.25) is 0 Å². The minimum atomic E-state index is -2.50. The summed E-state index contributed by atoms with van der Waals surface area (Å²) in [5.74, 6) is 0.442. The standard InChI is InChI=1S/C27H58O7Si2/c1-25(35(29-3,30-4)31-5)21-17-13-9-11-15-19-23-27(28)24-20-16-12-10-14-18-22-26(2)36(32-6,33-7)34-8/h25-26H,9-24H2,1-8H3. The van der Waals surface area contributed by atoms with Gasteiger partial charge in [-0.3, -0.25) is 4.79 Å². The highest BCUT2D eigenvalue weighted by Gasteiger charge is 2.44. The van der Waals surface area contributed by atoms with Crippen LogP contribution in [0.1, 0.15) is 117 Å². The van der Waals surface area contributed by atoms with E-state index in [4.69, 9.17) is 26.6 Å². The van der Waals surface area contributed by atoms with Crippen LogP contribution in [0.4, 0.5) is 0 Å². The van der Waals surface area contributed by atoms with E-state index in [1.54, 1.807) is 42.7 Å². The quantitative estimate of drug-likeness (QED) is 0.0824. The first kappa shape index (κ1) is 35.9. The molecule has 0 bridgehead atoms. The summed E-state index contributed by atoms with van der Waals surface area (Å²) < 4.78 is 33.4. The van der Waals surface area contributed by atoms with E-state index in [0.29, 0.717) is 16.9 Å². The van der Waals surface area contributed by atoms with Crippen LogP contribution >= 0.6 is 0 Å². The Kier molecular flexibility index (Phi) is 21.7. The molecule has 9 heteroatoms. The number of ketones is 1. The minimum absolute atomic E-state index is 0.313. The predicted octanol–water partition coefficient (Wildman–Crippen LogP) is 7.33. The van der Waals surface area contributed by atoms with Gasteiger partial charge in [-0.2, -0.15) is 0 Å². The minimum Gasteiger partial charge on any atom is -0.377 e. The lowest BCUT2D eigenvalue weighted by Crippen LogP contribution is -2.46. The van der Waals surface area contributed by atoms with Crippen LogP contribution < -0.4 is 0 Å². The van der Waals surface area contributed by atoms with Gasteiger partial charge in [-0.25, -0.2) is 0 Å². The van der Waals surface area contributed by atoms with Crippen LogP contribution in [0.5, 0.6) is 0 Å². The van der Waals surface area contributed by atoms with Crippen molar-refractivity contribution in [2.45, 2.75) is 128 Å². The van der Waals surface area contributed by atoms with Crippen molar-refractivity contribution in [3.63, 3.8) is 0 Å². The van der Waals surface area contributed by atoms with Gasteiger partial charge in [0.05, 0.1) is 0 Å². The molecule has 0 radical (unpaired) electrons. The Morgan fingerprint density at radius 3 is 1.00 bits per heavy atom. The van der Waals surface area contributed by atoms with E-state index in [9.17, 15) is 4.79 Å². The number of rotatable bonds is 26. The van der Waals surface area contributed by atoms with Gasteiger partial charge in [-0.1, -0.05) is 78.1 Å². The summed E-state index contributed by atoms with van der Waals surface area (Å²) in [6, 6.07) is 0. The SMILES string of the molecule is CO[Si](OC)(OC)C(C)CCCCCCCCC(=O)CCCCCCCCC(C)[Si](OC)(OC)OC. The molecule has 0 aromatic rings. The number of unbranched alkanes of at least 4 members (excludes halogenated alkanes) is 10. The lowest BCUT2D eigenvalue weighted by molar-refractivity contribution is -0.119. The summed E-state index contributed by atoms with van der Waals surface area (Å²) in [5, 5.41) is 0. The second-order valence-electron chi connectivity index (χ2n) is 10.1. The van der Waals surface area contributed by atoms with Crippen molar-refractivity contribution in [1.29, 1.82) is 0 Å². The van der Waals surface area contributed by atoms with Gasteiger partial charge in [0, 0.05) is 66.6 Å². The van der Waals surface area contributed by atoms with Crippen LogP contribution in [-0.2, 0) is 31.4 Å². The lowest BCUT2D eigenvalue weighted by Gasteiger charge is -2.30. The molecule has 0 aliphatic carbocycles. The number of Topliss-reactive ketones (excluding diaryl/α,β-unsaturated/α-hetero) is 1. The number of carbonyl (C=O) groups is 1. The molecular weight excluding hydrogens is 492 g/mol. The third kappa shape index (κ3) is 13.6. The van der Waals surface area contributed by atoms with Gasteiger partial charge in [0.1, 0.15) is 5.78 Å². The fourth-order valence-corrected chi connectivity index (χ4v) is 9.67. The summed E-state index contributed by atoms with van der Waals surface area (Å²) >= 11 is 0. The molecule has 0 saturated heterocycles. The van der Waals surface area contributed by atoms with Crippen molar-refractivity contribution in [1.82, 2.24) is 0 Å². The Morgan fingerprint density at radius 2 is 0.722 bits per heavy atom. The number of hydrogen-bond donors (Lipinski definition) is 0. The molecule has 0 N–H and O–H groups in total. The Hall–Kier alpha value is -0.136. The molecule has 216 valence electrons. The molecule has 0 rings (SSSR count). The van der Waals surface area contributed by atoms with Crippen molar-refractivity contribution in [2.75, 3.05) is 42.7 Å². The van der Waals surface area contributed by atoms with Crippen molar-refractivity contribution in [3.05, 3.63) is 0 Å². The van der Waals surface area contributed by atoms with Crippen molar-refractivity contribution in [3.8, 4) is 0 Å². The van der Waals surface area contributed by atoms with Crippen LogP contribution in [-0.4, -0.2) is 66.1 Å². The third-order valence-electron chi connectivity index (χ3n) is 7.60. The summed E-state index contributed by atoms with van der Waals surface area (Å²) in [4.78, 5) is 12.2. The fraction of sp³-hybridized carbons (Fsp3) is 0.963. The summed E-state index contributed by atoms with van der Waals surface area (Å²) in [6.45, 7) is 4.32. The zero-order valence-corrected chi connectivity index (χ0v) is 26.8. The van der Waals surface area contributed by atoms with E-state index < -0.39 is 17.6 Å².